The molecule has 2 aromatic carbocycles. The van der Waals surface area contributed by atoms with Crippen molar-refractivity contribution in [1.82, 2.24) is 4.72 Å². The molecule has 2 aliphatic carbocycles. The van der Waals surface area contributed by atoms with Crippen molar-refractivity contribution >= 4 is 33.0 Å². The molecule has 9 heteroatoms. The van der Waals surface area contributed by atoms with E-state index in [1.165, 1.54) is 46.7 Å². The Labute approximate surface area is 214 Å². The fourth-order valence-corrected chi connectivity index (χ4v) is 7.96. The fraction of sp³-hybridized carbons (Fsp3) is 0.370. The molecule has 2 N–H and O–H groups in total. The summed E-state index contributed by atoms with van der Waals surface area (Å²) in [6.07, 6.45) is 3.76. The van der Waals surface area contributed by atoms with Gasteiger partial charge in [0.25, 0.3) is 0 Å². The second-order valence-electron chi connectivity index (χ2n) is 9.60. The Morgan fingerprint density at radius 3 is 2.44 bits per heavy atom. The number of halogens is 1. The molecule has 1 aromatic heterocycles. The van der Waals surface area contributed by atoms with E-state index in [4.69, 9.17) is 4.74 Å². The minimum atomic E-state index is -3.54. The molecular formula is C27H29FN2O4S2. The van der Waals surface area contributed by atoms with E-state index in [2.05, 4.69) is 16.1 Å². The van der Waals surface area contributed by atoms with E-state index in [-0.39, 0.29) is 42.6 Å². The molecule has 190 valence electrons. The monoisotopic (exact) mass is 528 g/mol. The minimum absolute atomic E-state index is 0.0912. The van der Waals surface area contributed by atoms with Crippen LogP contribution < -0.4 is 14.8 Å². The number of hydrogen-bond acceptors (Lipinski definition) is 5. The Balaban J connectivity index is 1.21. The number of aryl methyl sites for hydroxylation is 1. The molecule has 1 saturated carbocycles. The van der Waals surface area contributed by atoms with Gasteiger partial charge in [0.05, 0.1) is 13.0 Å². The summed E-state index contributed by atoms with van der Waals surface area (Å²) in [4.78, 5) is 13.4. The van der Waals surface area contributed by atoms with E-state index in [9.17, 15) is 17.6 Å². The molecule has 0 spiro atoms. The van der Waals surface area contributed by atoms with Crippen molar-refractivity contribution in [2.45, 2.75) is 49.3 Å². The van der Waals surface area contributed by atoms with Gasteiger partial charge in [0, 0.05) is 16.6 Å². The van der Waals surface area contributed by atoms with Crippen molar-refractivity contribution in [1.29, 1.82) is 0 Å². The number of carbonyl (C=O) groups is 1. The van der Waals surface area contributed by atoms with Crippen molar-refractivity contribution in [2.24, 2.45) is 11.8 Å². The summed E-state index contributed by atoms with van der Waals surface area (Å²) in [5, 5.41) is 2.94. The number of ether oxygens (including phenoxy) is 1. The molecule has 3 unspecified atom stereocenters. The number of rotatable bonds is 8. The predicted molar refractivity (Wildman–Crippen MR) is 138 cm³/mol. The Morgan fingerprint density at radius 2 is 1.75 bits per heavy atom. The molecule has 1 fully saturated rings. The Bertz CT molecular complexity index is 1350. The van der Waals surface area contributed by atoms with Crippen LogP contribution in [0.4, 0.5) is 10.1 Å². The number of amides is 1. The topological polar surface area (TPSA) is 84.5 Å². The highest BCUT2D eigenvalue weighted by atomic mass is 32.2. The lowest BCUT2D eigenvalue weighted by Gasteiger charge is -2.23. The zero-order valence-corrected chi connectivity index (χ0v) is 21.6. The number of fused-ring (bicyclic) bond motifs is 3. The van der Waals surface area contributed by atoms with Crippen molar-refractivity contribution in [2.75, 3.05) is 11.9 Å². The highest BCUT2D eigenvalue weighted by molar-refractivity contribution is 7.91. The first-order valence-corrected chi connectivity index (χ1v) is 14.5. The number of sulfonamides is 1. The SMILES string of the molecule is Cc1ccc(S(=O)(=O)NC2C3CCC2Cc2cc(NC(=O)CCOc4ccc(F)cc4)ccc2C3)s1. The average molecular weight is 529 g/mol. The van der Waals surface area contributed by atoms with Crippen molar-refractivity contribution in [3.8, 4) is 5.75 Å². The lowest BCUT2D eigenvalue weighted by Crippen LogP contribution is -2.41. The molecule has 36 heavy (non-hydrogen) atoms. The third-order valence-electron chi connectivity index (χ3n) is 7.06. The van der Waals surface area contributed by atoms with E-state index < -0.39 is 10.0 Å². The first-order valence-electron chi connectivity index (χ1n) is 12.2. The van der Waals surface area contributed by atoms with Crippen LogP contribution in [0.15, 0.2) is 58.8 Å². The van der Waals surface area contributed by atoms with E-state index in [0.717, 1.165) is 36.2 Å². The van der Waals surface area contributed by atoms with Gasteiger partial charge in [0.15, 0.2) is 0 Å². The normalized spacial score (nSPS) is 21.0. The molecule has 0 aliphatic heterocycles. The molecule has 2 aliphatic rings. The van der Waals surface area contributed by atoms with Gasteiger partial charge >= 0.3 is 0 Å². The zero-order chi connectivity index (χ0) is 25.3. The maximum absolute atomic E-state index is 13.0. The van der Waals surface area contributed by atoms with Gasteiger partial charge < -0.3 is 10.1 Å². The van der Waals surface area contributed by atoms with Crippen molar-refractivity contribution in [3.05, 3.63) is 76.4 Å². The molecule has 1 amide bonds. The van der Waals surface area contributed by atoms with Crippen LogP contribution in [0.2, 0.25) is 0 Å². The molecule has 2 bridgehead atoms. The zero-order valence-electron chi connectivity index (χ0n) is 20.0. The van der Waals surface area contributed by atoms with Gasteiger partial charge in [-0.2, -0.15) is 0 Å². The first-order chi connectivity index (χ1) is 17.3. The van der Waals surface area contributed by atoms with Gasteiger partial charge in [-0.1, -0.05) is 6.07 Å². The van der Waals surface area contributed by atoms with Gasteiger partial charge in [0.2, 0.25) is 15.9 Å². The van der Waals surface area contributed by atoms with Crippen LogP contribution in [0.1, 0.15) is 35.3 Å². The van der Waals surface area contributed by atoms with Crippen molar-refractivity contribution < 1.29 is 22.3 Å². The van der Waals surface area contributed by atoms with Gasteiger partial charge in [-0.05, 0) is 104 Å². The quantitative estimate of drug-likeness (QED) is 0.427. The van der Waals surface area contributed by atoms with Gasteiger partial charge in [-0.3, -0.25) is 4.79 Å². The lowest BCUT2D eigenvalue weighted by molar-refractivity contribution is -0.116. The summed E-state index contributed by atoms with van der Waals surface area (Å²) >= 11 is 1.30. The predicted octanol–water partition coefficient (Wildman–Crippen LogP) is 5.08. The third kappa shape index (κ3) is 5.63. The molecule has 6 nitrogen and oxygen atoms in total. The van der Waals surface area contributed by atoms with Gasteiger partial charge in [0.1, 0.15) is 15.8 Å². The number of anilines is 1. The largest absolute Gasteiger partial charge is 0.493 e. The number of benzene rings is 2. The Kier molecular flexibility index (Phi) is 7.14. The van der Waals surface area contributed by atoms with Crippen LogP contribution in [0.5, 0.6) is 5.75 Å². The number of carbonyl (C=O) groups excluding carboxylic acids is 1. The number of nitrogens with one attached hydrogen (secondary N) is 2. The molecule has 0 saturated heterocycles. The third-order valence-corrected chi connectivity index (χ3v) is 10.0. The van der Waals surface area contributed by atoms with E-state index >= 15 is 0 Å². The highest BCUT2D eigenvalue weighted by Crippen LogP contribution is 2.41. The average Bonchev–Trinajstić information content (AvgIpc) is 3.39. The van der Waals surface area contributed by atoms with Crippen LogP contribution in [0.3, 0.4) is 0 Å². The molecule has 0 radical (unpaired) electrons. The Morgan fingerprint density at radius 1 is 1.03 bits per heavy atom. The number of hydrogen-bond donors (Lipinski definition) is 2. The van der Waals surface area contributed by atoms with E-state index in [0.29, 0.717) is 9.96 Å². The van der Waals surface area contributed by atoms with E-state index in [1.54, 1.807) is 6.07 Å². The minimum Gasteiger partial charge on any atom is -0.493 e. The molecule has 1 heterocycles. The molecule has 3 atom stereocenters. The van der Waals surface area contributed by atoms with Gasteiger partial charge in [-0.25, -0.2) is 17.5 Å². The van der Waals surface area contributed by atoms with Gasteiger partial charge in [-0.15, -0.1) is 11.3 Å². The maximum atomic E-state index is 13.0. The molecule has 3 aromatic rings. The van der Waals surface area contributed by atoms with Crippen LogP contribution in [-0.2, 0) is 27.7 Å². The van der Waals surface area contributed by atoms with E-state index in [1.807, 2.05) is 25.1 Å². The Hall–Kier alpha value is -2.75. The highest BCUT2D eigenvalue weighted by Gasteiger charge is 2.41. The molecule has 5 rings (SSSR count). The first kappa shape index (κ1) is 24.9. The maximum Gasteiger partial charge on any atom is 0.250 e. The van der Waals surface area contributed by atoms with Crippen LogP contribution in [-0.4, -0.2) is 27.0 Å². The van der Waals surface area contributed by atoms with Crippen LogP contribution >= 0.6 is 11.3 Å². The summed E-state index contributed by atoms with van der Waals surface area (Å²) < 4.78 is 47.9. The van der Waals surface area contributed by atoms with Crippen molar-refractivity contribution in [3.63, 3.8) is 0 Å². The fourth-order valence-electron chi connectivity index (χ4n) is 5.29. The standard InChI is InChI=1S/C27H29FN2O4S2/c1-17-2-11-26(35-17)36(32,33)30-27-19-3-4-20(27)15-21-16-23(8-5-18(21)14-19)29-25(31)12-13-34-24-9-6-22(28)7-10-24/h2,5-11,16,19-20,27,30H,3-4,12-15H2,1H3,(H,29,31). The summed E-state index contributed by atoms with van der Waals surface area (Å²) in [5.41, 5.74) is 3.11. The van der Waals surface area contributed by atoms with Crippen LogP contribution in [0.25, 0.3) is 0 Å². The summed E-state index contributed by atoms with van der Waals surface area (Å²) in [7, 11) is -3.54. The second-order valence-corrected chi connectivity index (χ2v) is 12.8. The lowest BCUT2D eigenvalue weighted by atomic mass is 9.93. The second kappa shape index (κ2) is 10.3. The smallest absolute Gasteiger partial charge is 0.250 e. The summed E-state index contributed by atoms with van der Waals surface area (Å²) in [6, 6.07) is 15.1. The number of thiophene rings is 1. The summed E-state index contributed by atoms with van der Waals surface area (Å²) in [6.45, 7) is 2.10. The molecular weight excluding hydrogens is 499 g/mol. The summed E-state index contributed by atoms with van der Waals surface area (Å²) in [5.74, 6) is 0.504. The van der Waals surface area contributed by atoms with Crippen LogP contribution in [0, 0.1) is 24.6 Å².